The van der Waals surface area contributed by atoms with E-state index in [0.717, 1.165) is 35.3 Å². The maximum Gasteiger partial charge on any atom is 0.335 e. The SMILES string of the molecule is O=C(O)c1ccc(-n2cc([N+](=O)[O-])cn2)c([N+](=O)[O-])c1. The smallest absolute Gasteiger partial charge is 0.335 e. The predicted octanol–water partition coefficient (Wildman–Crippen LogP) is 1.39. The number of rotatable bonds is 4. The highest BCUT2D eigenvalue weighted by molar-refractivity contribution is 5.89. The second kappa shape index (κ2) is 4.76. The Morgan fingerprint density at radius 1 is 1.25 bits per heavy atom. The highest BCUT2D eigenvalue weighted by Gasteiger charge is 2.20. The first kappa shape index (κ1) is 13.1. The molecule has 0 aliphatic carbocycles. The summed E-state index contributed by atoms with van der Waals surface area (Å²) in [7, 11) is 0. The summed E-state index contributed by atoms with van der Waals surface area (Å²) in [6.45, 7) is 0. The molecule has 20 heavy (non-hydrogen) atoms. The molecule has 0 bridgehead atoms. The lowest BCUT2D eigenvalue weighted by Gasteiger charge is -2.03. The average molecular weight is 278 g/mol. The lowest BCUT2D eigenvalue weighted by atomic mass is 10.2. The molecule has 102 valence electrons. The maximum atomic E-state index is 10.9. The van der Waals surface area contributed by atoms with Crippen LogP contribution in [0.15, 0.2) is 30.6 Å². The van der Waals surface area contributed by atoms with Crippen molar-refractivity contribution in [3.05, 3.63) is 56.4 Å². The summed E-state index contributed by atoms with van der Waals surface area (Å²) in [6.07, 6.45) is 1.94. The third kappa shape index (κ3) is 2.29. The molecule has 0 saturated heterocycles. The summed E-state index contributed by atoms with van der Waals surface area (Å²) in [4.78, 5) is 30.8. The fourth-order valence-corrected chi connectivity index (χ4v) is 1.54. The largest absolute Gasteiger partial charge is 0.478 e. The second-order valence-corrected chi connectivity index (χ2v) is 3.67. The molecule has 1 aromatic heterocycles. The molecular formula is C10H6N4O6. The molecule has 1 heterocycles. The Morgan fingerprint density at radius 2 is 1.95 bits per heavy atom. The van der Waals surface area contributed by atoms with Crippen molar-refractivity contribution in [1.29, 1.82) is 0 Å². The molecule has 0 atom stereocenters. The van der Waals surface area contributed by atoms with Gasteiger partial charge in [-0.15, -0.1) is 0 Å². The van der Waals surface area contributed by atoms with Gasteiger partial charge in [0.15, 0.2) is 0 Å². The number of carboxylic acids is 1. The zero-order chi connectivity index (χ0) is 14.9. The number of carbonyl (C=O) groups is 1. The van der Waals surface area contributed by atoms with Crippen LogP contribution in [0, 0.1) is 20.2 Å². The van der Waals surface area contributed by atoms with E-state index in [-0.39, 0.29) is 16.9 Å². The van der Waals surface area contributed by atoms with E-state index in [0.29, 0.717) is 0 Å². The number of nitro groups is 2. The van der Waals surface area contributed by atoms with Crippen molar-refractivity contribution in [2.45, 2.75) is 0 Å². The molecule has 2 aromatic rings. The lowest BCUT2D eigenvalue weighted by Crippen LogP contribution is -2.04. The summed E-state index contributed by atoms with van der Waals surface area (Å²) in [5.41, 5.74) is -1.17. The number of nitrogens with zero attached hydrogens (tertiary/aromatic N) is 4. The average Bonchev–Trinajstić information content (AvgIpc) is 2.87. The molecular weight excluding hydrogens is 272 g/mol. The molecule has 0 saturated carbocycles. The van der Waals surface area contributed by atoms with Crippen molar-refractivity contribution < 1.29 is 19.7 Å². The van der Waals surface area contributed by atoms with E-state index in [4.69, 9.17) is 5.11 Å². The zero-order valence-electron chi connectivity index (χ0n) is 9.66. The molecule has 1 aromatic carbocycles. The number of hydrogen-bond donors (Lipinski definition) is 1. The fraction of sp³-hybridized carbons (Fsp3) is 0. The van der Waals surface area contributed by atoms with Crippen LogP contribution in [0.5, 0.6) is 0 Å². The summed E-state index contributed by atoms with van der Waals surface area (Å²) in [5, 5.41) is 33.9. The summed E-state index contributed by atoms with van der Waals surface area (Å²) < 4.78 is 0.946. The Bertz CT molecular complexity index is 722. The lowest BCUT2D eigenvalue weighted by molar-refractivity contribution is -0.385. The normalized spacial score (nSPS) is 10.2. The van der Waals surface area contributed by atoms with Gasteiger partial charge in [0.1, 0.15) is 18.1 Å². The van der Waals surface area contributed by atoms with Gasteiger partial charge < -0.3 is 5.11 Å². The molecule has 2 rings (SSSR count). The Kier molecular flexibility index (Phi) is 3.13. The van der Waals surface area contributed by atoms with E-state index in [1.54, 1.807) is 0 Å². The Morgan fingerprint density at radius 3 is 2.45 bits per heavy atom. The number of nitro benzene ring substituents is 1. The van der Waals surface area contributed by atoms with Gasteiger partial charge in [0.2, 0.25) is 0 Å². The van der Waals surface area contributed by atoms with Crippen LogP contribution in [0.3, 0.4) is 0 Å². The minimum atomic E-state index is -1.31. The van der Waals surface area contributed by atoms with Gasteiger partial charge in [-0.05, 0) is 12.1 Å². The number of aromatic carboxylic acids is 1. The standard InChI is InChI=1S/C10H6N4O6/c15-10(16)6-1-2-8(9(3-6)14(19)20)12-5-7(4-11-12)13(17)18/h1-5H,(H,15,16). The fourth-order valence-electron chi connectivity index (χ4n) is 1.54. The molecule has 10 heteroatoms. The third-order valence-electron chi connectivity index (χ3n) is 2.45. The van der Waals surface area contributed by atoms with Gasteiger partial charge in [-0.2, -0.15) is 5.10 Å². The molecule has 0 radical (unpaired) electrons. The summed E-state index contributed by atoms with van der Waals surface area (Å²) >= 11 is 0. The van der Waals surface area contributed by atoms with E-state index in [2.05, 4.69) is 5.10 Å². The van der Waals surface area contributed by atoms with E-state index in [1.807, 2.05) is 0 Å². The predicted molar refractivity (Wildman–Crippen MR) is 63.8 cm³/mol. The quantitative estimate of drug-likeness (QED) is 0.657. The van der Waals surface area contributed by atoms with Gasteiger partial charge in [-0.3, -0.25) is 20.2 Å². The number of hydrogen-bond acceptors (Lipinski definition) is 6. The Labute approximate surface area is 110 Å². The van der Waals surface area contributed by atoms with Crippen molar-refractivity contribution in [2.75, 3.05) is 0 Å². The third-order valence-corrected chi connectivity index (χ3v) is 2.45. The van der Waals surface area contributed by atoms with Crippen LogP contribution >= 0.6 is 0 Å². The second-order valence-electron chi connectivity index (χ2n) is 3.67. The molecule has 10 nitrogen and oxygen atoms in total. The van der Waals surface area contributed by atoms with Crippen molar-refractivity contribution in [3.8, 4) is 5.69 Å². The van der Waals surface area contributed by atoms with E-state index >= 15 is 0 Å². The zero-order valence-corrected chi connectivity index (χ0v) is 9.66. The molecule has 0 fully saturated rings. The first-order valence-corrected chi connectivity index (χ1v) is 5.11. The monoisotopic (exact) mass is 278 g/mol. The van der Waals surface area contributed by atoms with Gasteiger partial charge >= 0.3 is 11.7 Å². The molecule has 0 aliphatic rings. The summed E-state index contributed by atoms with van der Waals surface area (Å²) in [5.74, 6) is -1.31. The van der Waals surface area contributed by atoms with Gasteiger partial charge in [-0.25, -0.2) is 9.48 Å². The Hall–Kier alpha value is -3.30. The van der Waals surface area contributed by atoms with Gasteiger partial charge in [0.05, 0.1) is 15.4 Å². The van der Waals surface area contributed by atoms with Crippen LogP contribution in [0.2, 0.25) is 0 Å². The van der Waals surface area contributed by atoms with Crippen LogP contribution in [-0.4, -0.2) is 30.7 Å². The first-order chi connectivity index (χ1) is 9.40. The molecule has 0 aliphatic heterocycles. The minimum absolute atomic E-state index is 0.0619. The van der Waals surface area contributed by atoms with Crippen LogP contribution < -0.4 is 0 Å². The van der Waals surface area contributed by atoms with E-state index < -0.39 is 21.5 Å². The van der Waals surface area contributed by atoms with Gasteiger partial charge in [0.25, 0.3) is 5.69 Å². The molecule has 0 amide bonds. The van der Waals surface area contributed by atoms with Crippen LogP contribution in [0.4, 0.5) is 11.4 Å². The molecule has 0 spiro atoms. The van der Waals surface area contributed by atoms with E-state index in [9.17, 15) is 25.0 Å². The number of benzene rings is 1. The maximum absolute atomic E-state index is 10.9. The highest BCUT2D eigenvalue weighted by Crippen LogP contribution is 2.25. The van der Waals surface area contributed by atoms with Crippen molar-refractivity contribution in [2.24, 2.45) is 0 Å². The molecule has 0 unspecified atom stereocenters. The molecule has 1 N–H and O–H groups in total. The van der Waals surface area contributed by atoms with Crippen molar-refractivity contribution in [1.82, 2.24) is 9.78 Å². The van der Waals surface area contributed by atoms with Crippen LogP contribution in [0.25, 0.3) is 5.69 Å². The number of carboxylic acid groups (broad SMARTS) is 1. The van der Waals surface area contributed by atoms with Crippen molar-refractivity contribution in [3.63, 3.8) is 0 Å². The van der Waals surface area contributed by atoms with Gasteiger partial charge in [0, 0.05) is 6.07 Å². The first-order valence-electron chi connectivity index (χ1n) is 5.11. The topological polar surface area (TPSA) is 141 Å². The van der Waals surface area contributed by atoms with Crippen LogP contribution in [-0.2, 0) is 0 Å². The van der Waals surface area contributed by atoms with E-state index in [1.165, 1.54) is 0 Å². The Balaban J connectivity index is 2.57. The van der Waals surface area contributed by atoms with Crippen molar-refractivity contribution >= 4 is 17.3 Å². The number of aromatic nitrogens is 2. The summed E-state index contributed by atoms with van der Waals surface area (Å²) in [6, 6.07) is 3.18. The minimum Gasteiger partial charge on any atom is -0.478 e. The van der Waals surface area contributed by atoms with Crippen LogP contribution in [0.1, 0.15) is 10.4 Å². The highest BCUT2D eigenvalue weighted by atomic mass is 16.6. The van der Waals surface area contributed by atoms with Gasteiger partial charge in [-0.1, -0.05) is 0 Å².